The number of hydrogen-bond donors (Lipinski definition) is 0. The maximum absolute atomic E-state index is 5.48. The minimum absolute atomic E-state index is 0. The number of rotatable bonds is 4. The van der Waals surface area contributed by atoms with Gasteiger partial charge in [0.1, 0.15) is 0 Å². The Morgan fingerprint density at radius 1 is 1.07 bits per heavy atom. The Kier molecular flexibility index (Phi) is 9.12. The van der Waals surface area contributed by atoms with Gasteiger partial charge in [-0.1, -0.05) is 6.07 Å². The molecule has 0 saturated heterocycles. The van der Waals surface area contributed by atoms with Crippen molar-refractivity contribution in [2.24, 2.45) is 0 Å². The smallest absolute Gasteiger partial charge is 0.231 e. The summed E-state index contributed by atoms with van der Waals surface area (Å²) in [5.41, 5.74) is 5.47. The van der Waals surface area contributed by atoms with E-state index in [-0.39, 0.29) is 37.2 Å². The molecule has 2 aliphatic rings. The SMILES string of the molecule is CN(C)Cc1cncc2c1CCN(Cc1ccc3c(c1)OCO3)C2.Cl.Cl.Cl. The molecular weight excluding hydrogens is 409 g/mol. The van der Waals surface area contributed by atoms with Crippen LogP contribution in [-0.4, -0.2) is 42.2 Å². The van der Waals surface area contributed by atoms with Crippen LogP contribution >= 0.6 is 37.2 Å². The molecule has 0 aliphatic carbocycles. The molecule has 4 rings (SSSR count). The molecule has 0 bridgehead atoms. The Labute approximate surface area is 179 Å². The standard InChI is InChI=1S/C19H23N3O2.3ClH/c1-21(2)11-15-8-20-9-16-12-22(6-5-17(15)16)10-14-3-4-18-19(7-14)24-13-23-18;;;/h3-4,7-9H,5-6,10-13H2,1-2H3;3*1H. The molecular formula is C19H26Cl3N3O2. The average Bonchev–Trinajstić information content (AvgIpc) is 3.02. The zero-order valence-electron chi connectivity index (χ0n) is 15.5. The molecule has 2 aliphatic heterocycles. The molecule has 5 nitrogen and oxygen atoms in total. The number of benzene rings is 1. The van der Waals surface area contributed by atoms with E-state index in [0.717, 1.165) is 44.1 Å². The molecule has 0 radical (unpaired) electrons. The minimum atomic E-state index is 0. The molecule has 1 aromatic carbocycles. The lowest BCUT2D eigenvalue weighted by Crippen LogP contribution is -2.31. The third kappa shape index (κ3) is 5.39. The fourth-order valence-corrected chi connectivity index (χ4v) is 3.54. The van der Waals surface area contributed by atoms with E-state index >= 15 is 0 Å². The summed E-state index contributed by atoms with van der Waals surface area (Å²) in [6.07, 6.45) is 5.14. The van der Waals surface area contributed by atoms with Crippen molar-refractivity contribution in [1.82, 2.24) is 14.8 Å². The molecule has 150 valence electrons. The van der Waals surface area contributed by atoms with Gasteiger partial charge in [0.25, 0.3) is 0 Å². The van der Waals surface area contributed by atoms with Crippen LogP contribution in [0.2, 0.25) is 0 Å². The molecule has 1 aromatic heterocycles. The first-order valence-corrected chi connectivity index (χ1v) is 8.39. The fourth-order valence-electron chi connectivity index (χ4n) is 3.54. The second kappa shape index (κ2) is 10.3. The van der Waals surface area contributed by atoms with Gasteiger partial charge in [-0.15, -0.1) is 37.2 Å². The first-order chi connectivity index (χ1) is 11.7. The van der Waals surface area contributed by atoms with Crippen LogP contribution in [0.5, 0.6) is 11.5 Å². The van der Waals surface area contributed by atoms with E-state index in [2.05, 4.69) is 41.0 Å². The first kappa shape index (κ1) is 23.8. The fraction of sp³-hybridized carbons (Fsp3) is 0.421. The third-order valence-electron chi connectivity index (χ3n) is 4.64. The molecule has 8 heteroatoms. The Hall–Kier alpha value is -1.24. The topological polar surface area (TPSA) is 37.8 Å². The van der Waals surface area contributed by atoms with E-state index in [1.54, 1.807) is 0 Å². The molecule has 0 saturated carbocycles. The minimum Gasteiger partial charge on any atom is -0.454 e. The predicted molar refractivity (Wildman–Crippen MR) is 114 cm³/mol. The quantitative estimate of drug-likeness (QED) is 0.733. The lowest BCUT2D eigenvalue weighted by atomic mass is 9.96. The first-order valence-electron chi connectivity index (χ1n) is 8.39. The molecule has 0 N–H and O–H groups in total. The van der Waals surface area contributed by atoms with Gasteiger partial charge in [-0.05, 0) is 54.9 Å². The maximum Gasteiger partial charge on any atom is 0.231 e. The normalized spacial score (nSPS) is 14.6. The highest BCUT2D eigenvalue weighted by atomic mass is 35.5. The predicted octanol–water partition coefficient (Wildman–Crippen LogP) is 3.70. The van der Waals surface area contributed by atoms with E-state index in [0.29, 0.717) is 6.79 Å². The Morgan fingerprint density at radius 2 is 1.85 bits per heavy atom. The number of nitrogens with zero attached hydrogens (tertiary/aromatic N) is 3. The average molecular weight is 435 g/mol. The zero-order chi connectivity index (χ0) is 16.5. The van der Waals surface area contributed by atoms with Crippen LogP contribution in [-0.2, 0) is 26.1 Å². The number of fused-ring (bicyclic) bond motifs is 2. The number of pyridine rings is 1. The van der Waals surface area contributed by atoms with Crippen molar-refractivity contribution in [3.8, 4) is 11.5 Å². The van der Waals surface area contributed by atoms with Gasteiger partial charge < -0.3 is 14.4 Å². The number of halogens is 3. The van der Waals surface area contributed by atoms with Crippen LogP contribution in [0.15, 0.2) is 30.6 Å². The van der Waals surface area contributed by atoms with Crippen LogP contribution in [0, 0.1) is 0 Å². The number of ether oxygens (including phenoxy) is 2. The summed E-state index contributed by atoms with van der Waals surface area (Å²) in [6, 6.07) is 6.23. The Bertz CT molecular complexity index is 759. The summed E-state index contributed by atoms with van der Waals surface area (Å²) in [5.74, 6) is 1.71. The summed E-state index contributed by atoms with van der Waals surface area (Å²) in [6.45, 7) is 4.24. The van der Waals surface area contributed by atoms with Crippen LogP contribution in [0.1, 0.15) is 22.3 Å². The van der Waals surface area contributed by atoms with E-state index in [1.807, 2.05) is 18.5 Å². The van der Waals surface area contributed by atoms with E-state index in [1.165, 1.54) is 22.3 Å². The highest BCUT2D eigenvalue weighted by Gasteiger charge is 2.20. The van der Waals surface area contributed by atoms with Crippen LogP contribution in [0.3, 0.4) is 0 Å². The van der Waals surface area contributed by atoms with Crippen LogP contribution < -0.4 is 9.47 Å². The largest absolute Gasteiger partial charge is 0.454 e. The number of aromatic nitrogens is 1. The molecule has 0 amide bonds. The second-order valence-electron chi connectivity index (χ2n) is 6.82. The van der Waals surface area contributed by atoms with E-state index < -0.39 is 0 Å². The van der Waals surface area contributed by atoms with Gasteiger partial charge in [0.05, 0.1) is 0 Å². The van der Waals surface area contributed by atoms with E-state index in [4.69, 9.17) is 9.47 Å². The van der Waals surface area contributed by atoms with Gasteiger partial charge in [0.2, 0.25) is 6.79 Å². The van der Waals surface area contributed by atoms with E-state index in [9.17, 15) is 0 Å². The summed E-state index contributed by atoms with van der Waals surface area (Å²) in [5, 5.41) is 0. The van der Waals surface area contributed by atoms with Crippen molar-refractivity contribution in [1.29, 1.82) is 0 Å². The van der Waals surface area contributed by atoms with Gasteiger partial charge in [-0.3, -0.25) is 9.88 Å². The van der Waals surface area contributed by atoms with Gasteiger partial charge in [-0.2, -0.15) is 0 Å². The zero-order valence-corrected chi connectivity index (χ0v) is 18.0. The summed E-state index contributed by atoms with van der Waals surface area (Å²) >= 11 is 0. The highest BCUT2D eigenvalue weighted by molar-refractivity contribution is 5.86. The van der Waals surface area contributed by atoms with Crippen molar-refractivity contribution in [3.05, 3.63) is 52.8 Å². The third-order valence-corrected chi connectivity index (χ3v) is 4.64. The summed E-state index contributed by atoms with van der Waals surface area (Å²) < 4.78 is 10.9. The van der Waals surface area contributed by atoms with Crippen molar-refractivity contribution in [2.75, 3.05) is 27.4 Å². The second-order valence-corrected chi connectivity index (χ2v) is 6.82. The van der Waals surface area contributed by atoms with Crippen molar-refractivity contribution in [3.63, 3.8) is 0 Å². The Morgan fingerprint density at radius 3 is 2.63 bits per heavy atom. The molecule has 0 fully saturated rings. The van der Waals surface area contributed by atoms with Crippen LogP contribution in [0.4, 0.5) is 0 Å². The number of hydrogen-bond acceptors (Lipinski definition) is 5. The molecule has 0 unspecified atom stereocenters. The monoisotopic (exact) mass is 433 g/mol. The lowest BCUT2D eigenvalue weighted by molar-refractivity contribution is 0.174. The molecule has 0 spiro atoms. The molecule has 3 heterocycles. The highest BCUT2D eigenvalue weighted by Crippen LogP contribution is 2.33. The maximum atomic E-state index is 5.48. The summed E-state index contributed by atoms with van der Waals surface area (Å²) in [4.78, 5) is 9.13. The summed E-state index contributed by atoms with van der Waals surface area (Å²) in [7, 11) is 4.21. The van der Waals surface area contributed by atoms with Gasteiger partial charge in [-0.25, -0.2) is 0 Å². The van der Waals surface area contributed by atoms with Gasteiger partial charge in [0.15, 0.2) is 11.5 Å². The molecule has 2 aromatic rings. The lowest BCUT2D eigenvalue weighted by Gasteiger charge is -2.30. The molecule has 27 heavy (non-hydrogen) atoms. The van der Waals surface area contributed by atoms with Crippen molar-refractivity contribution < 1.29 is 9.47 Å². The van der Waals surface area contributed by atoms with Gasteiger partial charge in [0, 0.05) is 38.6 Å². The van der Waals surface area contributed by atoms with Crippen LogP contribution in [0.25, 0.3) is 0 Å². The van der Waals surface area contributed by atoms with Gasteiger partial charge >= 0.3 is 0 Å². The van der Waals surface area contributed by atoms with Crippen molar-refractivity contribution in [2.45, 2.75) is 26.1 Å². The molecule has 0 atom stereocenters. The Balaban J connectivity index is 0.00000121. The van der Waals surface area contributed by atoms with Crippen molar-refractivity contribution >= 4 is 37.2 Å².